The number of nitrogens with one attached hydrogen (secondary N) is 1. The van der Waals surface area contributed by atoms with E-state index in [9.17, 15) is 9.18 Å². The molecule has 0 radical (unpaired) electrons. The minimum absolute atomic E-state index is 0.278. The third-order valence-electron chi connectivity index (χ3n) is 2.84. The molecule has 0 spiro atoms. The molecule has 0 saturated heterocycles. The molecule has 0 atom stereocenters. The SMILES string of the molecule is Cc1ccc(F)c(NCc2ccc(C(N)=O)cc2)c1. The molecule has 2 aromatic carbocycles. The van der Waals surface area contributed by atoms with Crippen molar-refractivity contribution in [1.82, 2.24) is 0 Å². The number of hydrogen-bond acceptors (Lipinski definition) is 2. The largest absolute Gasteiger partial charge is 0.379 e. The molecule has 0 unspecified atom stereocenters. The second-order valence-corrected chi connectivity index (χ2v) is 4.40. The summed E-state index contributed by atoms with van der Waals surface area (Å²) in [5, 5.41) is 3.03. The van der Waals surface area contributed by atoms with Crippen LogP contribution in [0.1, 0.15) is 21.5 Å². The van der Waals surface area contributed by atoms with Crippen molar-refractivity contribution in [1.29, 1.82) is 0 Å². The lowest BCUT2D eigenvalue weighted by Crippen LogP contribution is -2.10. The van der Waals surface area contributed by atoms with Gasteiger partial charge < -0.3 is 11.1 Å². The van der Waals surface area contributed by atoms with Crippen molar-refractivity contribution in [3.8, 4) is 0 Å². The molecule has 3 N–H and O–H groups in total. The maximum Gasteiger partial charge on any atom is 0.248 e. The van der Waals surface area contributed by atoms with E-state index >= 15 is 0 Å². The number of primary amides is 1. The third-order valence-corrected chi connectivity index (χ3v) is 2.84. The number of nitrogens with two attached hydrogens (primary N) is 1. The van der Waals surface area contributed by atoms with Gasteiger partial charge in [0.2, 0.25) is 5.91 Å². The van der Waals surface area contributed by atoms with E-state index in [1.165, 1.54) is 6.07 Å². The molecule has 0 fully saturated rings. The molecule has 1 amide bonds. The highest BCUT2D eigenvalue weighted by Crippen LogP contribution is 2.16. The molecule has 98 valence electrons. The number of rotatable bonds is 4. The first kappa shape index (κ1) is 13.1. The van der Waals surface area contributed by atoms with Gasteiger partial charge in [0.25, 0.3) is 0 Å². The molecule has 19 heavy (non-hydrogen) atoms. The second kappa shape index (κ2) is 5.52. The van der Waals surface area contributed by atoms with Crippen LogP contribution < -0.4 is 11.1 Å². The number of benzene rings is 2. The quantitative estimate of drug-likeness (QED) is 0.886. The highest BCUT2D eigenvalue weighted by atomic mass is 19.1. The van der Waals surface area contributed by atoms with Crippen LogP contribution in [0.15, 0.2) is 42.5 Å². The first-order chi connectivity index (χ1) is 9.06. The topological polar surface area (TPSA) is 55.1 Å². The van der Waals surface area contributed by atoms with Crippen LogP contribution in [0.3, 0.4) is 0 Å². The van der Waals surface area contributed by atoms with Crippen LogP contribution in [0.2, 0.25) is 0 Å². The monoisotopic (exact) mass is 258 g/mol. The molecule has 0 aliphatic carbocycles. The minimum atomic E-state index is -0.454. The zero-order valence-electron chi connectivity index (χ0n) is 10.6. The molecule has 4 heteroatoms. The van der Waals surface area contributed by atoms with E-state index in [2.05, 4.69) is 5.32 Å². The van der Waals surface area contributed by atoms with E-state index in [0.29, 0.717) is 17.8 Å². The average molecular weight is 258 g/mol. The summed E-state index contributed by atoms with van der Waals surface area (Å²) in [6.45, 7) is 2.39. The Morgan fingerprint density at radius 2 is 1.89 bits per heavy atom. The number of halogens is 1. The Balaban J connectivity index is 2.06. The number of hydrogen-bond donors (Lipinski definition) is 2. The van der Waals surface area contributed by atoms with Crippen molar-refractivity contribution in [2.24, 2.45) is 5.73 Å². The molecule has 0 aliphatic heterocycles. The van der Waals surface area contributed by atoms with Gasteiger partial charge in [0.15, 0.2) is 0 Å². The standard InChI is InChI=1S/C15H15FN2O/c1-10-2-7-13(16)14(8-10)18-9-11-3-5-12(6-4-11)15(17)19/h2-8,18H,9H2,1H3,(H2,17,19). The van der Waals surface area contributed by atoms with Gasteiger partial charge in [-0.15, -0.1) is 0 Å². The van der Waals surface area contributed by atoms with Crippen molar-refractivity contribution in [3.05, 3.63) is 65.0 Å². The molecule has 2 aromatic rings. The Labute approximate surface area is 111 Å². The lowest BCUT2D eigenvalue weighted by molar-refractivity contribution is 0.100. The van der Waals surface area contributed by atoms with Crippen LogP contribution in [-0.2, 0) is 6.54 Å². The number of amides is 1. The summed E-state index contributed by atoms with van der Waals surface area (Å²) in [5.41, 5.74) is 8.04. The summed E-state index contributed by atoms with van der Waals surface area (Å²) in [6, 6.07) is 11.8. The van der Waals surface area contributed by atoms with Crippen LogP contribution in [0.5, 0.6) is 0 Å². The minimum Gasteiger partial charge on any atom is -0.379 e. The van der Waals surface area contributed by atoms with Crippen LogP contribution in [0.25, 0.3) is 0 Å². The van der Waals surface area contributed by atoms with Crippen molar-refractivity contribution in [2.45, 2.75) is 13.5 Å². The average Bonchev–Trinajstić information content (AvgIpc) is 2.40. The summed E-state index contributed by atoms with van der Waals surface area (Å²) >= 11 is 0. The first-order valence-corrected chi connectivity index (χ1v) is 5.95. The molecule has 0 aliphatic rings. The Hall–Kier alpha value is -2.36. The summed E-state index contributed by atoms with van der Waals surface area (Å²) in [6.07, 6.45) is 0. The number of anilines is 1. The summed E-state index contributed by atoms with van der Waals surface area (Å²) in [7, 11) is 0. The van der Waals surface area contributed by atoms with E-state index < -0.39 is 5.91 Å². The zero-order chi connectivity index (χ0) is 13.8. The fourth-order valence-electron chi connectivity index (χ4n) is 1.76. The zero-order valence-corrected chi connectivity index (χ0v) is 10.6. The molecular weight excluding hydrogens is 243 g/mol. The van der Waals surface area contributed by atoms with Gasteiger partial charge in [0.1, 0.15) is 5.82 Å². The van der Waals surface area contributed by atoms with Crippen molar-refractivity contribution >= 4 is 11.6 Å². The Kier molecular flexibility index (Phi) is 3.80. The van der Waals surface area contributed by atoms with Gasteiger partial charge in [0.05, 0.1) is 5.69 Å². The molecule has 0 bridgehead atoms. The first-order valence-electron chi connectivity index (χ1n) is 5.95. The normalized spacial score (nSPS) is 10.2. The number of carbonyl (C=O) groups excluding carboxylic acids is 1. The molecule has 3 nitrogen and oxygen atoms in total. The molecule has 0 heterocycles. The van der Waals surface area contributed by atoms with E-state index in [0.717, 1.165) is 11.1 Å². The van der Waals surface area contributed by atoms with Crippen LogP contribution in [0.4, 0.5) is 10.1 Å². The Bertz CT molecular complexity index is 594. The summed E-state index contributed by atoms with van der Waals surface area (Å²) in [4.78, 5) is 10.9. The highest BCUT2D eigenvalue weighted by Gasteiger charge is 2.03. The van der Waals surface area contributed by atoms with Gasteiger partial charge in [0, 0.05) is 12.1 Å². The lowest BCUT2D eigenvalue weighted by atomic mass is 10.1. The van der Waals surface area contributed by atoms with Gasteiger partial charge in [-0.3, -0.25) is 4.79 Å². The van der Waals surface area contributed by atoms with E-state index in [-0.39, 0.29) is 5.82 Å². The maximum atomic E-state index is 13.5. The van der Waals surface area contributed by atoms with Gasteiger partial charge in [-0.1, -0.05) is 18.2 Å². The summed E-state index contributed by atoms with van der Waals surface area (Å²) in [5.74, 6) is -0.733. The van der Waals surface area contributed by atoms with Gasteiger partial charge in [-0.05, 0) is 42.3 Å². The Morgan fingerprint density at radius 3 is 2.53 bits per heavy atom. The van der Waals surface area contributed by atoms with Crippen molar-refractivity contribution < 1.29 is 9.18 Å². The van der Waals surface area contributed by atoms with Crippen molar-refractivity contribution in [3.63, 3.8) is 0 Å². The predicted octanol–water partition coefficient (Wildman–Crippen LogP) is 2.85. The van der Waals surface area contributed by atoms with Crippen LogP contribution in [-0.4, -0.2) is 5.91 Å². The van der Waals surface area contributed by atoms with Crippen LogP contribution >= 0.6 is 0 Å². The molecular formula is C15H15FN2O. The Morgan fingerprint density at radius 1 is 1.21 bits per heavy atom. The van der Waals surface area contributed by atoms with Gasteiger partial charge >= 0.3 is 0 Å². The number of carbonyl (C=O) groups is 1. The highest BCUT2D eigenvalue weighted by molar-refractivity contribution is 5.92. The third kappa shape index (κ3) is 3.31. The second-order valence-electron chi connectivity index (χ2n) is 4.40. The van der Waals surface area contributed by atoms with Gasteiger partial charge in [-0.2, -0.15) is 0 Å². The van der Waals surface area contributed by atoms with Crippen molar-refractivity contribution in [2.75, 3.05) is 5.32 Å². The smallest absolute Gasteiger partial charge is 0.248 e. The van der Waals surface area contributed by atoms with Gasteiger partial charge in [-0.25, -0.2) is 4.39 Å². The van der Waals surface area contributed by atoms with E-state index in [1.807, 2.05) is 6.92 Å². The predicted molar refractivity (Wildman–Crippen MR) is 73.4 cm³/mol. The molecule has 0 saturated carbocycles. The summed E-state index contributed by atoms with van der Waals surface area (Å²) < 4.78 is 13.5. The molecule has 2 rings (SSSR count). The fraction of sp³-hybridized carbons (Fsp3) is 0.133. The maximum absolute atomic E-state index is 13.5. The lowest BCUT2D eigenvalue weighted by Gasteiger charge is -2.09. The number of aryl methyl sites for hydroxylation is 1. The van der Waals surface area contributed by atoms with Crippen LogP contribution in [0, 0.1) is 12.7 Å². The van der Waals surface area contributed by atoms with E-state index in [1.54, 1.807) is 36.4 Å². The van der Waals surface area contributed by atoms with E-state index in [4.69, 9.17) is 5.73 Å². The molecule has 0 aromatic heterocycles. The fourth-order valence-corrected chi connectivity index (χ4v) is 1.76.